The van der Waals surface area contributed by atoms with E-state index in [9.17, 15) is 4.79 Å². The Morgan fingerprint density at radius 2 is 2.40 bits per heavy atom. The second kappa shape index (κ2) is 5.13. The molecule has 1 aliphatic rings. The number of hydrogen-bond donors (Lipinski definition) is 1. The third-order valence-electron chi connectivity index (χ3n) is 3.56. The lowest BCUT2D eigenvalue weighted by Gasteiger charge is -2.22. The van der Waals surface area contributed by atoms with Gasteiger partial charge in [0.15, 0.2) is 0 Å². The number of rotatable bonds is 3. The van der Waals surface area contributed by atoms with Crippen molar-refractivity contribution in [2.24, 2.45) is 14.1 Å². The molecule has 20 heavy (non-hydrogen) atoms. The second-order valence-electron chi connectivity index (χ2n) is 5.04. The van der Waals surface area contributed by atoms with E-state index in [-0.39, 0.29) is 12.0 Å². The zero-order valence-corrected chi connectivity index (χ0v) is 11.7. The molecule has 0 aliphatic carbocycles. The molecule has 0 saturated heterocycles. The van der Waals surface area contributed by atoms with Crippen LogP contribution in [0.25, 0.3) is 0 Å². The maximum Gasteiger partial charge on any atom is 0.267 e. The quantitative estimate of drug-likeness (QED) is 0.900. The minimum atomic E-state index is -0.163. The van der Waals surface area contributed by atoms with E-state index in [1.54, 1.807) is 15.3 Å². The highest BCUT2D eigenvalue weighted by Crippen LogP contribution is 2.24. The summed E-state index contributed by atoms with van der Waals surface area (Å²) in [5, 5.41) is 7.34. The first-order valence-corrected chi connectivity index (χ1v) is 6.68. The van der Waals surface area contributed by atoms with Crippen molar-refractivity contribution in [1.29, 1.82) is 0 Å². The van der Waals surface area contributed by atoms with Gasteiger partial charge in [0.25, 0.3) is 5.91 Å². The van der Waals surface area contributed by atoms with E-state index < -0.39 is 0 Å². The fraction of sp³-hybridized carbons (Fsp3) is 0.429. The molecule has 0 bridgehead atoms. The van der Waals surface area contributed by atoms with Crippen molar-refractivity contribution in [2.45, 2.75) is 12.5 Å². The van der Waals surface area contributed by atoms with Gasteiger partial charge in [0.2, 0.25) is 0 Å². The number of nitrogens with one attached hydrogen (secondary N) is 1. The fourth-order valence-electron chi connectivity index (χ4n) is 2.54. The Hall–Kier alpha value is -2.08. The lowest BCUT2D eigenvalue weighted by Crippen LogP contribution is -2.32. The molecule has 2 aromatic rings. The zero-order chi connectivity index (χ0) is 14.1. The van der Waals surface area contributed by atoms with E-state index in [0.717, 1.165) is 12.1 Å². The average molecular weight is 274 g/mol. The molecular formula is C14H18N4O2. The Kier molecular flexibility index (Phi) is 3.31. The topological polar surface area (TPSA) is 61.1 Å². The molecule has 0 radical (unpaired) electrons. The molecule has 0 saturated carbocycles. The van der Waals surface area contributed by atoms with Gasteiger partial charge in [-0.1, -0.05) is 0 Å². The normalized spacial score (nSPS) is 17.8. The maximum atomic E-state index is 12.1. The number of aryl methyl sites for hydroxylation is 2. The van der Waals surface area contributed by atoms with Crippen LogP contribution < -0.4 is 5.32 Å². The molecule has 3 heterocycles. The Bertz CT molecular complexity index is 629. The maximum absolute atomic E-state index is 12.1. The predicted octanol–water partition coefficient (Wildman–Crippen LogP) is 0.802. The van der Waals surface area contributed by atoms with Crippen molar-refractivity contribution in [3.63, 3.8) is 0 Å². The number of aromatic nitrogens is 3. The van der Waals surface area contributed by atoms with Gasteiger partial charge in [-0.3, -0.25) is 9.48 Å². The Morgan fingerprint density at radius 1 is 1.55 bits per heavy atom. The summed E-state index contributed by atoms with van der Waals surface area (Å²) in [5.74, 6) is -0.0934. The molecular weight excluding hydrogens is 256 g/mol. The lowest BCUT2D eigenvalue weighted by molar-refractivity contribution is 0.0383. The van der Waals surface area contributed by atoms with Gasteiger partial charge in [0, 0.05) is 33.0 Å². The molecule has 2 aromatic heterocycles. The van der Waals surface area contributed by atoms with Crippen molar-refractivity contribution >= 4 is 5.91 Å². The van der Waals surface area contributed by atoms with Gasteiger partial charge in [-0.15, -0.1) is 0 Å². The van der Waals surface area contributed by atoms with E-state index in [1.165, 1.54) is 5.56 Å². The number of amides is 1. The van der Waals surface area contributed by atoms with E-state index >= 15 is 0 Å². The van der Waals surface area contributed by atoms with Crippen molar-refractivity contribution in [3.8, 4) is 0 Å². The highest BCUT2D eigenvalue weighted by molar-refractivity contribution is 5.92. The van der Waals surface area contributed by atoms with Crippen LogP contribution >= 0.6 is 0 Å². The van der Waals surface area contributed by atoms with Gasteiger partial charge in [-0.05, 0) is 24.1 Å². The molecule has 0 aromatic carbocycles. The van der Waals surface area contributed by atoms with Crippen LogP contribution in [0.1, 0.15) is 27.8 Å². The number of carbonyl (C=O) groups is 1. The molecule has 3 rings (SSSR count). The zero-order valence-electron chi connectivity index (χ0n) is 11.7. The standard InChI is InChI=1S/C14H18N4O2/c1-17-6-3-4-11(17)14(19)15-8-12-13-10(5-7-20-12)9-18(2)16-13/h3-4,6,9,12H,5,7-8H2,1-2H3,(H,15,19). The lowest BCUT2D eigenvalue weighted by atomic mass is 10.1. The first-order valence-electron chi connectivity index (χ1n) is 6.68. The summed E-state index contributed by atoms with van der Waals surface area (Å²) in [7, 11) is 3.75. The van der Waals surface area contributed by atoms with Crippen molar-refractivity contribution < 1.29 is 9.53 Å². The summed E-state index contributed by atoms with van der Waals surface area (Å²) >= 11 is 0. The van der Waals surface area contributed by atoms with Crippen LogP contribution in [0.15, 0.2) is 24.5 Å². The van der Waals surface area contributed by atoms with Crippen LogP contribution in [0.2, 0.25) is 0 Å². The molecule has 1 N–H and O–H groups in total. The van der Waals surface area contributed by atoms with Crippen molar-refractivity contribution in [2.75, 3.05) is 13.2 Å². The molecule has 6 heteroatoms. The van der Waals surface area contributed by atoms with Gasteiger partial charge < -0.3 is 14.6 Å². The van der Waals surface area contributed by atoms with Gasteiger partial charge in [0.1, 0.15) is 11.8 Å². The highest BCUT2D eigenvalue weighted by Gasteiger charge is 2.25. The van der Waals surface area contributed by atoms with Crippen molar-refractivity contribution in [1.82, 2.24) is 19.7 Å². The minimum absolute atomic E-state index is 0.0934. The smallest absolute Gasteiger partial charge is 0.267 e. The number of nitrogens with zero attached hydrogens (tertiary/aromatic N) is 3. The summed E-state index contributed by atoms with van der Waals surface area (Å²) in [6, 6.07) is 3.64. The number of fused-ring (bicyclic) bond motifs is 1. The van der Waals surface area contributed by atoms with E-state index in [1.807, 2.05) is 32.6 Å². The summed E-state index contributed by atoms with van der Waals surface area (Å²) < 4.78 is 9.31. The molecule has 0 fully saturated rings. The van der Waals surface area contributed by atoms with Gasteiger partial charge in [0.05, 0.1) is 12.3 Å². The number of hydrogen-bond acceptors (Lipinski definition) is 3. The summed E-state index contributed by atoms with van der Waals surface area (Å²) in [5.41, 5.74) is 2.78. The van der Waals surface area contributed by atoms with Crippen LogP contribution in [0.4, 0.5) is 0 Å². The minimum Gasteiger partial charge on any atom is -0.370 e. The van der Waals surface area contributed by atoms with Gasteiger partial charge >= 0.3 is 0 Å². The second-order valence-corrected chi connectivity index (χ2v) is 5.04. The molecule has 1 atom stereocenters. The van der Waals surface area contributed by atoms with Crippen LogP contribution in [-0.2, 0) is 25.3 Å². The fourth-order valence-corrected chi connectivity index (χ4v) is 2.54. The van der Waals surface area contributed by atoms with Crippen LogP contribution in [-0.4, -0.2) is 33.4 Å². The number of carbonyl (C=O) groups excluding carboxylic acids is 1. The largest absolute Gasteiger partial charge is 0.370 e. The predicted molar refractivity (Wildman–Crippen MR) is 73.4 cm³/mol. The van der Waals surface area contributed by atoms with Gasteiger partial charge in [-0.25, -0.2) is 0 Å². The molecule has 6 nitrogen and oxygen atoms in total. The monoisotopic (exact) mass is 274 g/mol. The van der Waals surface area contributed by atoms with Crippen LogP contribution in [0.3, 0.4) is 0 Å². The van der Waals surface area contributed by atoms with E-state index in [2.05, 4.69) is 10.4 Å². The van der Waals surface area contributed by atoms with Crippen molar-refractivity contribution in [3.05, 3.63) is 41.5 Å². The first kappa shape index (κ1) is 12.9. The highest BCUT2D eigenvalue weighted by atomic mass is 16.5. The summed E-state index contributed by atoms with van der Waals surface area (Å²) in [6.45, 7) is 1.11. The van der Waals surface area contributed by atoms with Gasteiger partial charge in [-0.2, -0.15) is 5.10 Å². The third-order valence-corrected chi connectivity index (χ3v) is 3.56. The number of ether oxygens (including phenoxy) is 1. The molecule has 1 aliphatic heterocycles. The van der Waals surface area contributed by atoms with E-state index in [4.69, 9.17) is 4.74 Å². The average Bonchev–Trinajstić information content (AvgIpc) is 3.00. The summed E-state index contributed by atoms with van der Waals surface area (Å²) in [6.07, 6.45) is 4.59. The van der Waals surface area contributed by atoms with E-state index in [0.29, 0.717) is 18.8 Å². The van der Waals surface area contributed by atoms with Crippen LogP contribution in [0, 0.1) is 0 Å². The molecule has 0 spiro atoms. The first-order chi connectivity index (χ1) is 9.65. The summed E-state index contributed by atoms with van der Waals surface area (Å²) in [4.78, 5) is 12.1. The molecule has 106 valence electrons. The molecule has 1 unspecified atom stereocenters. The Morgan fingerprint density at radius 3 is 3.15 bits per heavy atom. The Balaban J connectivity index is 1.68. The molecule has 1 amide bonds. The Labute approximate surface area is 117 Å². The third kappa shape index (κ3) is 2.34. The van der Waals surface area contributed by atoms with Crippen LogP contribution in [0.5, 0.6) is 0 Å². The SMILES string of the molecule is Cn1cc2c(n1)C(CNC(=O)c1cccn1C)OCC2.